The summed E-state index contributed by atoms with van der Waals surface area (Å²) < 4.78 is 38.5. The van der Waals surface area contributed by atoms with Crippen LogP contribution in [0, 0.1) is 6.92 Å². The van der Waals surface area contributed by atoms with Gasteiger partial charge in [0.2, 0.25) is 5.95 Å². The average molecular weight is 373 g/mol. The highest BCUT2D eigenvalue weighted by Gasteiger charge is 2.30. The number of nitrogens with one attached hydrogen (secondary N) is 2. The molecular formula is C19H18F3N5. The molecule has 140 valence electrons. The van der Waals surface area contributed by atoms with Gasteiger partial charge in [-0.2, -0.15) is 23.3 Å². The molecule has 0 unspecified atom stereocenters. The molecule has 1 aromatic heterocycles. The van der Waals surface area contributed by atoms with Crippen molar-refractivity contribution in [2.24, 2.45) is 0 Å². The van der Waals surface area contributed by atoms with E-state index in [0.29, 0.717) is 5.82 Å². The first-order valence-corrected chi connectivity index (χ1v) is 8.36. The molecule has 3 aromatic rings. The highest BCUT2D eigenvalue weighted by Crippen LogP contribution is 2.31. The topological polar surface area (TPSA) is 62.7 Å². The van der Waals surface area contributed by atoms with Gasteiger partial charge in [0.25, 0.3) is 0 Å². The van der Waals surface area contributed by atoms with Crippen LogP contribution < -0.4 is 10.6 Å². The van der Waals surface area contributed by atoms with E-state index >= 15 is 0 Å². The van der Waals surface area contributed by atoms with E-state index in [1.165, 1.54) is 18.3 Å². The van der Waals surface area contributed by atoms with Gasteiger partial charge in [-0.15, -0.1) is 5.10 Å². The lowest BCUT2D eigenvalue weighted by molar-refractivity contribution is -0.137. The smallest absolute Gasteiger partial charge is 0.339 e. The number of aromatic nitrogens is 3. The number of hydrogen-bond acceptors (Lipinski definition) is 5. The first-order valence-electron chi connectivity index (χ1n) is 8.36. The minimum absolute atomic E-state index is 0.260. The number of hydrogen-bond donors (Lipinski definition) is 2. The Hall–Kier alpha value is -3.16. The van der Waals surface area contributed by atoms with Crippen LogP contribution in [0.25, 0.3) is 0 Å². The standard InChI is InChI=1S/C19H18F3N5/c1-3-13-7-4-6-12(2)17(13)26-18-25-16(11-23-27-18)24-15-9-5-8-14(10-15)19(20,21)22/h4-11H,3H2,1-2H3,(H2,24,25,26,27). The van der Waals surface area contributed by atoms with E-state index in [4.69, 9.17) is 0 Å². The highest BCUT2D eigenvalue weighted by atomic mass is 19.4. The molecule has 0 amide bonds. The Morgan fingerprint density at radius 1 is 1.04 bits per heavy atom. The Bertz CT molecular complexity index is 941. The van der Waals surface area contributed by atoms with Crippen molar-refractivity contribution in [3.8, 4) is 0 Å². The van der Waals surface area contributed by atoms with Gasteiger partial charge in [-0.3, -0.25) is 0 Å². The van der Waals surface area contributed by atoms with Gasteiger partial charge in [0, 0.05) is 11.4 Å². The van der Waals surface area contributed by atoms with Crippen molar-refractivity contribution >= 4 is 23.1 Å². The minimum atomic E-state index is -4.41. The second-order valence-electron chi connectivity index (χ2n) is 5.96. The van der Waals surface area contributed by atoms with Crippen LogP contribution in [-0.2, 0) is 12.6 Å². The second kappa shape index (κ2) is 7.61. The zero-order chi connectivity index (χ0) is 19.4. The fraction of sp³-hybridized carbons (Fsp3) is 0.211. The van der Waals surface area contributed by atoms with Crippen molar-refractivity contribution in [2.75, 3.05) is 10.6 Å². The van der Waals surface area contributed by atoms with Gasteiger partial charge in [0.1, 0.15) is 0 Å². The molecule has 0 atom stereocenters. The molecule has 27 heavy (non-hydrogen) atoms. The molecule has 0 aliphatic carbocycles. The monoisotopic (exact) mass is 373 g/mol. The second-order valence-corrected chi connectivity index (χ2v) is 5.96. The predicted octanol–water partition coefficient (Wildman–Crippen LogP) is 5.25. The predicted molar refractivity (Wildman–Crippen MR) is 98.4 cm³/mol. The lowest BCUT2D eigenvalue weighted by Gasteiger charge is -2.13. The van der Waals surface area contributed by atoms with Crippen LogP contribution in [0.3, 0.4) is 0 Å². The lowest BCUT2D eigenvalue weighted by Crippen LogP contribution is -2.07. The molecule has 0 saturated heterocycles. The maximum atomic E-state index is 12.8. The maximum Gasteiger partial charge on any atom is 0.416 e. The van der Waals surface area contributed by atoms with E-state index in [-0.39, 0.29) is 11.6 Å². The summed E-state index contributed by atoms with van der Waals surface area (Å²) in [5, 5.41) is 13.8. The lowest BCUT2D eigenvalue weighted by atomic mass is 10.1. The highest BCUT2D eigenvalue weighted by molar-refractivity contribution is 5.64. The molecule has 5 nitrogen and oxygen atoms in total. The summed E-state index contributed by atoms with van der Waals surface area (Å²) in [6, 6.07) is 10.9. The van der Waals surface area contributed by atoms with E-state index in [9.17, 15) is 13.2 Å². The van der Waals surface area contributed by atoms with Crippen molar-refractivity contribution in [3.05, 3.63) is 65.4 Å². The number of alkyl halides is 3. The Morgan fingerprint density at radius 2 is 1.81 bits per heavy atom. The summed E-state index contributed by atoms with van der Waals surface area (Å²) in [6.45, 7) is 4.02. The molecule has 0 spiro atoms. The molecular weight excluding hydrogens is 355 g/mol. The molecule has 1 heterocycles. The van der Waals surface area contributed by atoms with Gasteiger partial charge in [-0.1, -0.05) is 31.2 Å². The van der Waals surface area contributed by atoms with Gasteiger partial charge in [-0.25, -0.2) is 0 Å². The van der Waals surface area contributed by atoms with E-state index in [2.05, 4.69) is 25.8 Å². The third kappa shape index (κ3) is 4.52. The number of para-hydroxylation sites is 1. The minimum Gasteiger partial charge on any atom is -0.339 e. The molecule has 0 aliphatic rings. The Kier molecular flexibility index (Phi) is 5.25. The first kappa shape index (κ1) is 18.6. The molecule has 0 bridgehead atoms. The SMILES string of the molecule is CCc1cccc(C)c1Nc1nncc(Nc2cccc(C(F)(F)F)c2)n1. The number of benzene rings is 2. The summed E-state index contributed by atoms with van der Waals surface area (Å²) in [5.41, 5.74) is 2.57. The third-order valence-corrected chi connectivity index (χ3v) is 4.00. The van der Waals surface area contributed by atoms with Gasteiger partial charge < -0.3 is 10.6 Å². The van der Waals surface area contributed by atoms with Gasteiger partial charge in [0.15, 0.2) is 5.82 Å². The number of nitrogens with zero attached hydrogens (tertiary/aromatic N) is 3. The van der Waals surface area contributed by atoms with E-state index in [0.717, 1.165) is 35.4 Å². The quantitative estimate of drug-likeness (QED) is 0.640. The van der Waals surface area contributed by atoms with Crippen LogP contribution in [0.2, 0.25) is 0 Å². The zero-order valence-electron chi connectivity index (χ0n) is 14.8. The summed E-state index contributed by atoms with van der Waals surface area (Å²) in [7, 11) is 0. The summed E-state index contributed by atoms with van der Waals surface area (Å²) in [5.74, 6) is 0.550. The van der Waals surface area contributed by atoms with E-state index in [1.54, 1.807) is 0 Å². The van der Waals surface area contributed by atoms with Gasteiger partial charge >= 0.3 is 6.18 Å². The number of halogens is 3. The van der Waals surface area contributed by atoms with Crippen molar-refractivity contribution < 1.29 is 13.2 Å². The fourth-order valence-corrected chi connectivity index (χ4v) is 2.65. The molecule has 2 N–H and O–H groups in total. The number of aryl methyl sites for hydroxylation is 2. The van der Waals surface area contributed by atoms with Crippen LogP contribution in [0.5, 0.6) is 0 Å². The van der Waals surface area contributed by atoms with E-state index < -0.39 is 11.7 Å². The Labute approximate surface area is 154 Å². The normalized spacial score (nSPS) is 11.3. The van der Waals surface area contributed by atoms with E-state index in [1.807, 2.05) is 32.0 Å². The van der Waals surface area contributed by atoms with Crippen molar-refractivity contribution in [3.63, 3.8) is 0 Å². The Morgan fingerprint density at radius 3 is 2.56 bits per heavy atom. The number of rotatable bonds is 5. The van der Waals surface area contributed by atoms with Crippen LogP contribution in [0.15, 0.2) is 48.7 Å². The molecule has 0 aliphatic heterocycles. The van der Waals surface area contributed by atoms with Crippen LogP contribution in [0.1, 0.15) is 23.6 Å². The maximum absolute atomic E-state index is 12.8. The summed E-state index contributed by atoms with van der Waals surface area (Å²) in [4.78, 5) is 4.29. The molecule has 8 heteroatoms. The summed E-state index contributed by atoms with van der Waals surface area (Å²) >= 11 is 0. The molecule has 2 aromatic carbocycles. The van der Waals surface area contributed by atoms with Gasteiger partial charge in [-0.05, 0) is 42.7 Å². The fourth-order valence-electron chi connectivity index (χ4n) is 2.65. The van der Waals surface area contributed by atoms with Crippen LogP contribution >= 0.6 is 0 Å². The number of anilines is 4. The molecule has 0 radical (unpaired) electrons. The summed E-state index contributed by atoms with van der Waals surface area (Å²) in [6.07, 6.45) is -2.22. The molecule has 0 saturated carbocycles. The molecule has 3 rings (SSSR count). The third-order valence-electron chi connectivity index (χ3n) is 4.00. The van der Waals surface area contributed by atoms with Crippen LogP contribution in [0.4, 0.5) is 36.3 Å². The molecule has 0 fully saturated rings. The van der Waals surface area contributed by atoms with Crippen molar-refractivity contribution in [1.29, 1.82) is 0 Å². The van der Waals surface area contributed by atoms with Gasteiger partial charge in [0.05, 0.1) is 11.8 Å². The largest absolute Gasteiger partial charge is 0.416 e. The average Bonchev–Trinajstić information content (AvgIpc) is 2.63. The zero-order valence-corrected chi connectivity index (χ0v) is 14.8. The first-order chi connectivity index (χ1) is 12.9. The van der Waals surface area contributed by atoms with Crippen LogP contribution in [-0.4, -0.2) is 15.2 Å². The Balaban J connectivity index is 1.83. The van der Waals surface area contributed by atoms with Crippen molar-refractivity contribution in [2.45, 2.75) is 26.4 Å². The van der Waals surface area contributed by atoms with Crippen molar-refractivity contribution in [1.82, 2.24) is 15.2 Å².